The Kier molecular flexibility index (Phi) is 7.06. The summed E-state index contributed by atoms with van der Waals surface area (Å²) in [7, 11) is 0. The molecule has 4 heterocycles. The molecule has 6 rings (SSSR count). The predicted octanol–water partition coefficient (Wildman–Crippen LogP) is 5.65. The Bertz CT molecular complexity index is 1360. The summed E-state index contributed by atoms with van der Waals surface area (Å²) in [4.78, 5) is 21.7. The fourth-order valence-electron chi connectivity index (χ4n) is 7.51. The van der Waals surface area contributed by atoms with Crippen LogP contribution in [0.3, 0.4) is 0 Å². The zero-order chi connectivity index (χ0) is 27.1. The molecule has 7 heteroatoms. The van der Waals surface area contributed by atoms with Gasteiger partial charge in [-0.05, 0) is 86.5 Å². The second-order valence-electron chi connectivity index (χ2n) is 12.0. The van der Waals surface area contributed by atoms with Gasteiger partial charge in [0.25, 0.3) is 0 Å². The number of hydrogen-bond acceptors (Lipinski definition) is 4. The number of halogens is 1. The van der Waals surface area contributed by atoms with Crippen LogP contribution in [-0.4, -0.2) is 68.5 Å². The summed E-state index contributed by atoms with van der Waals surface area (Å²) in [6, 6.07) is 11.1. The van der Waals surface area contributed by atoms with E-state index in [0.717, 1.165) is 81.6 Å². The molecule has 1 aliphatic carbocycles. The number of likely N-dealkylation sites (tertiary alicyclic amines) is 2. The molecule has 3 aromatic rings. The summed E-state index contributed by atoms with van der Waals surface area (Å²) >= 11 is 0. The number of imidazole rings is 1. The molecule has 3 aliphatic rings. The van der Waals surface area contributed by atoms with Crippen LogP contribution in [0.25, 0.3) is 11.7 Å². The quantitative estimate of drug-likeness (QED) is 0.408. The number of hydrogen-bond donors (Lipinski definition) is 1. The highest BCUT2D eigenvalue weighted by Crippen LogP contribution is 2.49. The molecule has 1 aromatic carbocycles. The van der Waals surface area contributed by atoms with Crippen LogP contribution in [0.5, 0.6) is 0 Å². The van der Waals surface area contributed by atoms with Gasteiger partial charge in [-0.1, -0.05) is 31.7 Å². The average Bonchev–Trinajstić information content (AvgIpc) is 3.52. The lowest BCUT2D eigenvalue weighted by molar-refractivity contribution is -0.150. The summed E-state index contributed by atoms with van der Waals surface area (Å²) in [5, 5.41) is 9.89. The van der Waals surface area contributed by atoms with Gasteiger partial charge in [-0.2, -0.15) is 0 Å². The number of carboxylic acid groups (broad SMARTS) is 1. The van der Waals surface area contributed by atoms with Gasteiger partial charge in [-0.25, -0.2) is 9.37 Å². The van der Waals surface area contributed by atoms with Crippen LogP contribution in [0.1, 0.15) is 67.7 Å². The van der Waals surface area contributed by atoms with E-state index >= 15 is 0 Å². The van der Waals surface area contributed by atoms with Crippen LogP contribution >= 0.6 is 0 Å². The van der Waals surface area contributed by atoms with E-state index in [2.05, 4.69) is 32.0 Å². The Balaban J connectivity index is 1.18. The van der Waals surface area contributed by atoms with Gasteiger partial charge in [0.05, 0.1) is 5.92 Å². The summed E-state index contributed by atoms with van der Waals surface area (Å²) in [5.74, 6) is -0.308. The van der Waals surface area contributed by atoms with E-state index < -0.39 is 11.9 Å². The fourth-order valence-corrected chi connectivity index (χ4v) is 7.51. The third-order valence-corrected chi connectivity index (χ3v) is 10.0. The maximum atomic E-state index is 14.3. The average molecular weight is 531 g/mol. The van der Waals surface area contributed by atoms with Gasteiger partial charge in [0.1, 0.15) is 11.5 Å². The molecule has 3 fully saturated rings. The largest absolute Gasteiger partial charge is 0.481 e. The number of aromatic nitrogens is 2. The smallest absolute Gasteiger partial charge is 0.308 e. The molecular formula is C32H39FN4O2. The summed E-state index contributed by atoms with van der Waals surface area (Å²) in [6.45, 7) is 10.4. The van der Waals surface area contributed by atoms with Gasteiger partial charge >= 0.3 is 5.97 Å². The SMILES string of the molecule is C=Cc1ccc2ncc(C3CCN(CC4CN(C5(C(C)C(=O)O)CCC5)CC4c4cccc(F)c4)CC3)n2c1. The first-order valence-corrected chi connectivity index (χ1v) is 14.4. The van der Waals surface area contributed by atoms with Gasteiger partial charge in [-0.3, -0.25) is 9.69 Å². The Morgan fingerprint density at radius 1 is 1.23 bits per heavy atom. The lowest BCUT2D eigenvalue weighted by atomic mass is 9.67. The molecular weight excluding hydrogens is 491 g/mol. The fraction of sp³-hybridized carbons (Fsp3) is 0.500. The van der Waals surface area contributed by atoms with Gasteiger partial charge < -0.3 is 14.4 Å². The van der Waals surface area contributed by atoms with Crippen molar-refractivity contribution >= 4 is 17.7 Å². The lowest BCUT2D eigenvalue weighted by Gasteiger charge is -2.51. The summed E-state index contributed by atoms with van der Waals surface area (Å²) < 4.78 is 16.5. The Hall–Kier alpha value is -3.03. The zero-order valence-electron chi connectivity index (χ0n) is 22.8. The summed E-state index contributed by atoms with van der Waals surface area (Å²) in [6.07, 6.45) is 11.1. The van der Waals surface area contributed by atoms with E-state index in [-0.39, 0.29) is 17.3 Å². The molecule has 0 bridgehead atoms. The normalized spacial score (nSPS) is 25.0. The number of aliphatic carboxylic acids is 1. The topological polar surface area (TPSA) is 61.1 Å². The van der Waals surface area contributed by atoms with Crippen molar-refractivity contribution in [2.45, 2.75) is 56.4 Å². The molecule has 3 atom stereocenters. The van der Waals surface area contributed by atoms with Crippen molar-refractivity contribution in [2.75, 3.05) is 32.7 Å². The molecule has 1 saturated carbocycles. The predicted molar refractivity (Wildman–Crippen MR) is 151 cm³/mol. The molecule has 39 heavy (non-hydrogen) atoms. The number of benzene rings is 1. The first kappa shape index (κ1) is 26.2. The number of pyridine rings is 1. The van der Waals surface area contributed by atoms with Crippen LogP contribution in [0.15, 0.2) is 55.4 Å². The van der Waals surface area contributed by atoms with E-state index in [1.165, 1.54) is 11.8 Å². The van der Waals surface area contributed by atoms with E-state index in [1.807, 2.05) is 43.5 Å². The van der Waals surface area contributed by atoms with E-state index in [0.29, 0.717) is 11.8 Å². The highest BCUT2D eigenvalue weighted by Gasteiger charge is 2.53. The molecule has 0 radical (unpaired) electrons. The molecule has 2 aromatic heterocycles. The zero-order valence-corrected chi connectivity index (χ0v) is 22.8. The number of nitrogens with zero attached hydrogens (tertiary/aromatic N) is 4. The standard InChI is InChI=1S/C32H39FN4O2/c1-3-23-8-9-30-34-17-29(37(30)18-23)24-10-14-35(15-11-24)19-26-20-36(32(12-5-13-32)22(2)31(38)39)21-28(26)25-6-4-7-27(33)16-25/h3-4,6-9,16-18,22,24,26,28H,1,5,10-15,19-21H2,2H3,(H,38,39). The Morgan fingerprint density at radius 2 is 2.03 bits per heavy atom. The molecule has 2 saturated heterocycles. The molecule has 0 spiro atoms. The van der Waals surface area contributed by atoms with E-state index in [1.54, 1.807) is 6.07 Å². The molecule has 1 N–H and O–H groups in total. The molecule has 3 unspecified atom stereocenters. The Labute approximate surface area is 230 Å². The van der Waals surface area contributed by atoms with Crippen molar-refractivity contribution in [2.24, 2.45) is 11.8 Å². The third-order valence-electron chi connectivity index (χ3n) is 10.0. The van der Waals surface area contributed by atoms with Crippen LogP contribution in [0.2, 0.25) is 0 Å². The number of piperidine rings is 1. The van der Waals surface area contributed by atoms with Crippen molar-refractivity contribution in [3.63, 3.8) is 0 Å². The van der Waals surface area contributed by atoms with Crippen LogP contribution < -0.4 is 0 Å². The maximum absolute atomic E-state index is 14.3. The number of rotatable bonds is 8. The van der Waals surface area contributed by atoms with Gasteiger partial charge in [0.2, 0.25) is 0 Å². The highest BCUT2D eigenvalue weighted by atomic mass is 19.1. The molecule has 0 amide bonds. The molecule has 206 valence electrons. The van der Waals surface area contributed by atoms with E-state index in [9.17, 15) is 14.3 Å². The Morgan fingerprint density at radius 3 is 2.69 bits per heavy atom. The minimum atomic E-state index is -0.713. The van der Waals surface area contributed by atoms with Crippen molar-refractivity contribution in [1.82, 2.24) is 19.2 Å². The summed E-state index contributed by atoms with van der Waals surface area (Å²) in [5.41, 5.74) is 4.11. The van der Waals surface area contributed by atoms with Crippen LogP contribution in [0, 0.1) is 17.7 Å². The molecule has 6 nitrogen and oxygen atoms in total. The maximum Gasteiger partial charge on any atom is 0.308 e. The first-order chi connectivity index (χ1) is 18.9. The lowest BCUT2D eigenvalue weighted by Crippen LogP contribution is -2.59. The van der Waals surface area contributed by atoms with Crippen LogP contribution in [-0.2, 0) is 4.79 Å². The van der Waals surface area contributed by atoms with Crippen molar-refractivity contribution in [3.05, 3.63) is 78.0 Å². The third kappa shape index (κ3) is 4.80. The second kappa shape index (κ2) is 10.5. The number of carbonyl (C=O) groups is 1. The van der Waals surface area contributed by atoms with E-state index in [4.69, 9.17) is 0 Å². The number of carboxylic acids is 1. The van der Waals surface area contributed by atoms with Gasteiger partial charge in [0, 0.05) is 55.1 Å². The van der Waals surface area contributed by atoms with Crippen LogP contribution in [0.4, 0.5) is 4.39 Å². The number of fused-ring (bicyclic) bond motifs is 1. The van der Waals surface area contributed by atoms with Crippen molar-refractivity contribution in [1.29, 1.82) is 0 Å². The highest BCUT2D eigenvalue weighted by molar-refractivity contribution is 5.71. The van der Waals surface area contributed by atoms with Crippen molar-refractivity contribution < 1.29 is 14.3 Å². The van der Waals surface area contributed by atoms with Crippen molar-refractivity contribution in [3.8, 4) is 0 Å². The molecule has 2 aliphatic heterocycles. The first-order valence-electron chi connectivity index (χ1n) is 14.4. The second-order valence-corrected chi connectivity index (χ2v) is 12.0. The monoisotopic (exact) mass is 530 g/mol. The minimum Gasteiger partial charge on any atom is -0.481 e. The van der Waals surface area contributed by atoms with Gasteiger partial charge in [0.15, 0.2) is 0 Å². The minimum absolute atomic E-state index is 0.199. The van der Waals surface area contributed by atoms with Gasteiger partial charge in [-0.15, -0.1) is 0 Å².